The van der Waals surface area contributed by atoms with Crippen LogP contribution in [0.5, 0.6) is 5.75 Å². The topological polar surface area (TPSA) is 89.3 Å². The second-order valence-electron chi connectivity index (χ2n) is 4.65. The molecule has 0 spiro atoms. The van der Waals surface area contributed by atoms with Crippen molar-refractivity contribution in [3.63, 3.8) is 0 Å². The number of aromatic hydroxyl groups is 1. The fourth-order valence-electron chi connectivity index (χ4n) is 2.00. The lowest BCUT2D eigenvalue weighted by atomic mass is 9.91. The van der Waals surface area contributed by atoms with Crippen LogP contribution in [0.1, 0.15) is 5.56 Å². The van der Waals surface area contributed by atoms with Gasteiger partial charge in [0.1, 0.15) is 11.3 Å². The summed E-state index contributed by atoms with van der Waals surface area (Å²) in [7, 11) is 0. The summed E-state index contributed by atoms with van der Waals surface area (Å²) in [6.07, 6.45) is 0.155. The van der Waals surface area contributed by atoms with Gasteiger partial charge in [0.05, 0.1) is 0 Å². The van der Waals surface area contributed by atoms with Crippen molar-refractivity contribution < 1.29 is 9.90 Å². The maximum Gasteiger partial charge on any atom is 0.238 e. The van der Waals surface area contributed by atoms with E-state index in [1.165, 1.54) is 0 Å². The molecule has 0 radical (unpaired) electrons. The number of hydrogen-bond donors (Lipinski definition) is 4. The van der Waals surface area contributed by atoms with Gasteiger partial charge in [-0.25, -0.2) is 0 Å². The number of amides is 1. The third-order valence-electron chi connectivity index (χ3n) is 3.26. The predicted molar refractivity (Wildman–Crippen MR) is 79.3 cm³/mol. The summed E-state index contributed by atoms with van der Waals surface area (Å²) in [5.74, 6) is -0.375. The Morgan fingerprint density at radius 2 is 1.95 bits per heavy atom. The third-order valence-corrected chi connectivity index (χ3v) is 3.83. The largest absolute Gasteiger partial charge is 0.507 e. The van der Waals surface area contributed by atoms with Crippen LogP contribution in [-0.2, 0) is 11.2 Å². The lowest BCUT2D eigenvalue weighted by Crippen LogP contribution is -2.55. The monoisotopic (exact) mass is 276 g/mol. The first-order chi connectivity index (χ1) is 8.98. The van der Waals surface area contributed by atoms with Crippen molar-refractivity contribution in [3.05, 3.63) is 42.0 Å². The van der Waals surface area contributed by atoms with Crippen LogP contribution in [0.2, 0.25) is 0 Å². The Bertz CT molecular complexity index is 630. The second-order valence-corrected chi connectivity index (χ2v) is 4.97. The highest BCUT2D eigenvalue weighted by molar-refractivity contribution is 7.80. The number of rotatable bonds is 4. The van der Waals surface area contributed by atoms with Crippen molar-refractivity contribution in [2.45, 2.75) is 12.0 Å². The number of primary amides is 1. The van der Waals surface area contributed by atoms with E-state index < -0.39 is 11.4 Å². The maximum atomic E-state index is 11.4. The van der Waals surface area contributed by atoms with Crippen molar-refractivity contribution in [2.75, 3.05) is 5.75 Å². The van der Waals surface area contributed by atoms with Crippen LogP contribution in [0.3, 0.4) is 0 Å². The average Bonchev–Trinajstić information content (AvgIpc) is 2.42. The molecule has 0 heterocycles. The fourth-order valence-corrected chi connectivity index (χ4v) is 2.27. The second kappa shape index (κ2) is 5.11. The first-order valence-electron chi connectivity index (χ1n) is 5.87. The van der Waals surface area contributed by atoms with Gasteiger partial charge in [-0.15, -0.1) is 0 Å². The summed E-state index contributed by atoms with van der Waals surface area (Å²) in [5.41, 5.74) is 10.6. The molecule has 19 heavy (non-hydrogen) atoms. The molecule has 0 bridgehead atoms. The summed E-state index contributed by atoms with van der Waals surface area (Å²) in [5, 5.41) is 11.9. The van der Waals surface area contributed by atoms with Crippen LogP contribution in [0, 0.1) is 0 Å². The molecule has 0 aromatic heterocycles. The number of benzene rings is 2. The number of carbonyl (C=O) groups excluding carboxylic acids is 1. The van der Waals surface area contributed by atoms with E-state index in [1.807, 2.05) is 30.3 Å². The minimum absolute atomic E-state index is 0.120. The van der Waals surface area contributed by atoms with E-state index in [1.54, 1.807) is 6.07 Å². The number of thiol groups is 1. The van der Waals surface area contributed by atoms with Crippen molar-refractivity contribution in [1.82, 2.24) is 0 Å². The number of hydrogen-bond acceptors (Lipinski definition) is 4. The molecule has 0 aliphatic rings. The SMILES string of the molecule is NC(=O)[C@@](N)(CS)Cc1ccc2ccccc2c1O. The molecule has 0 aliphatic carbocycles. The standard InChI is InChI=1S/C14H16N2O2S/c15-13(18)14(16,8-19)7-10-6-5-9-3-1-2-4-11(9)12(10)17/h1-6,17,19H,7-8,16H2,(H2,15,18)/t14-/m0/s1. The summed E-state index contributed by atoms with van der Waals surface area (Å²) >= 11 is 4.07. The zero-order valence-corrected chi connectivity index (χ0v) is 11.2. The van der Waals surface area contributed by atoms with E-state index in [0.717, 1.165) is 10.8 Å². The Kier molecular flexibility index (Phi) is 3.68. The Balaban J connectivity index is 2.47. The van der Waals surface area contributed by atoms with Crippen molar-refractivity contribution in [3.8, 4) is 5.75 Å². The van der Waals surface area contributed by atoms with Gasteiger partial charge < -0.3 is 16.6 Å². The maximum absolute atomic E-state index is 11.4. The summed E-state index contributed by atoms with van der Waals surface area (Å²) < 4.78 is 0. The Labute approximate surface area is 116 Å². The molecule has 100 valence electrons. The predicted octanol–water partition coefficient (Wildman–Crippen LogP) is 1.20. The molecule has 0 unspecified atom stereocenters. The number of phenolic OH excluding ortho intramolecular Hbond substituents is 1. The van der Waals surface area contributed by atoms with Crippen LogP contribution in [0.4, 0.5) is 0 Å². The van der Waals surface area contributed by atoms with Crippen molar-refractivity contribution in [2.24, 2.45) is 11.5 Å². The number of phenols is 1. The van der Waals surface area contributed by atoms with Crippen LogP contribution in [-0.4, -0.2) is 22.3 Å². The Morgan fingerprint density at radius 1 is 1.26 bits per heavy atom. The molecule has 5 heteroatoms. The molecular weight excluding hydrogens is 260 g/mol. The smallest absolute Gasteiger partial charge is 0.238 e. The molecule has 2 aromatic rings. The van der Waals surface area contributed by atoms with E-state index in [0.29, 0.717) is 5.56 Å². The van der Waals surface area contributed by atoms with Gasteiger partial charge in [-0.1, -0.05) is 36.4 Å². The fraction of sp³-hybridized carbons (Fsp3) is 0.214. The molecule has 0 fully saturated rings. The molecule has 5 N–H and O–H groups in total. The van der Waals surface area contributed by atoms with Crippen LogP contribution in [0.25, 0.3) is 10.8 Å². The third kappa shape index (κ3) is 2.52. The molecule has 0 saturated heterocycles. The lowest BCUT2D eigenvalue weighted by Gasteiger charge is -2.24. The highest BCUT2D eigenvalue weighted by Crippen LogP contribution is 2.30. The first-order valence-corrected chi connectivity index (χ1v) is 6.50. The molecule has 0 saturated carbocycles. The summed E-state index contributed by atoms with van der Waals surface area (Å²) in [6.45, 7) is 0. The van der Waals surface area contributed by atoms with Gasteiger partial charge in [0.2, 0.25) is 5.91 Å². The van der Waals surface area contributed by atoms with E-state index in [9.17, 15) is 9.90 Å². The molecule has 2 aromatic carbocycles. The average molecular weight is 276 g/mol. The molecule has 1 atom stereocenters. The minimum Gasteiger partial charge on any atom is -0.507 e. The van der Waals surface area contributed by atoms with Gasteiger partial charge in [-0.3, -0.25) is 4.79 Å². The zero-order chi connectivity index (χ0) is 14.0. The Hall–Kier alpha value is -1.72. The van der Waals surface area contributed by atoms with Gasteiger partial charge in [-0.2, -0.15) is 12.6 Å². The van der Waals surface area contributed by atoms with Crippen LogP contribution in [0.15, 0.2) is 36.4 Å². The quantitative estimate of drug-likeness (QED) is 0.633. The van der Waals surface area contributed by atoms with Crippen molar-refractivity contribution >= 4 is 29.3 Å². The molecule has 1 amide bonds. The summed E-state index contributed by atoms with van der Waals surface area (Å²) in [6, 6.07) is 11.1. The van der Waals surface area contributed by atoms with E-state index in [4.69, 9.17) is 11.5 Å². The van der Waals surface area contributed by atoms with Gasteiger partial charge in [-0.05, 0) is 10.9 Å². The van der Waals surface area contributed by atoms with Gasteiger partial charge >= 0.3 is 0 Å². The van der Waals surface area contributed by atoms with Crippen molar-refractivity contribution in [1.29, 1.82) is 0 Å². The van der Waals surface area contributed by atoms with E-state index in [-0.39, 0.29) is 17.9 Å². The normalized spacial score (nSPS) is 14.2. The molecule has 4 nitrogen and oxygen atoms in total. The first kappa shape index (κ1) is 13.7. The Morgan fingerprint density at radius 3 is 2.58 bits per heavy atom. The minimum atomic E-state index is -1.26. The summed E-state index contributed by atoms with van der Waals surface area (Å²) in [4.78, 5) is 11.4. The van der Waals surface area contributed by atoms with Gasteiger partial charge in [0.25, 0.3) is 0 Å². The lowest BCUT2D eigenvalue weighted by molar-refractivity contribution is -0.122. The molecule has 0 aliphatic heterocycles. The van der Waals surface area contributed by atoms with Gasteiger partial charge in [0.15, 0.2) is 0 Å². The number of carbonyl (C=O) groups is 1. The van der Waals surface area contributed by atoms with Crippen LogP contribution >= 0.6 is 12.6 Å². The number of nitrogens with two attached hydrogens (primary N) is 2. The van der Waals surface area contributed by atoms with Gasteiger partial charge in [0, 0.05) is 17.6 Å². The van der Waals surface area contributed by atoms with E-state index in [2.05, 4.69) is 12.6 Å². The number of fused-ring (bicyclic) bond motifs is 1. The molecule has 2 rings (SSSR count). The highest BCUT2D eigenvalue weighted by Gasteiger charge is 2.31. The van der Waals surface area contributed by atoms with Crippen LogP contribution < -0.4 is 11.5 Å². The highest BCUT2D eigenvalue weighted by atomic mass is 32.1. The molecular formula is C14H16N2O2S. The zero-order valence-electron chi connectivity index (χ0n) is 10.3. The van der Waals surface area contributed by atoms with E-state index >= 15 is 0 Å².